The average molecular weight is 187 g/mol. The molecule has 14 heavy (non-hydrogen) atoms. The van der Waals surface area contributed by atoms with Crippen LogP contribution in [0.3, 0.4) is 0 Å². The van der Waals surface area contributed by atoms with Gasteiger partial charge in [0.2, 0.25) is 0 Å². The smallest absolute Gasteiger partial charge is 0.0880 e. The summed E-state index contributed by atoms with van der Waals surface area (Å²) in [5, 5.41) is 3.27. The standard InChI is InChI=1S/C9H9N5/c10-8-5-1-3-7(9(8)11)4-2-6-13-14-12/h1,3,5H,6,10-11H2. The maximum absolute atomic E-state index is 8.01. The van der Waals surface area contributed by atoms with E-state index in [4.69, 9.17) is 17.0 Å². The molecule has 0 amide bonds. The molecule has 1 rings (SSSR count). The van der Waals surface area contributed by atoms with Crippen LogP contribution in [0, 0.1) is 11.8 Å². The molecule has 0 bridgehead atoms. The van der Waals surface area contributed by atoms with Crippen LogP contribution in [0.25, 0.3) is 10.4 Å². The van der Waals surface area contributed by atoms with E-state index in [2.05, 4.69) is 21.9 Å². The van der Waals surface area contributed by atoms with Gasteiger partial charge in [0.25, 0.3) is 0 Å². The van der Waals surface area contributed by atoms with Crippen LogP contribution >= 0.6 is 0 Å². The number of nitrogens with zero attached hydrogens (tertiary/aromatic N) is 3. The molecule has 0 fully saturated rings. The molecular formula is C9H9N5. The van der Waals surface area contributed by atoms with Gasteiger partial charge in [-0.25, -0.2) is 0 Å². The monoisotopic (exact) mass is 187 g/mol. The summed E-state index contributed by atoms with van der Waals surface area (Å²) >= 11 is 0. The van der Waals surface area contributed by atoms with Gasteiger partial charge in [-0.3, -0.25) is 0 Å². The second-order valence-electron chi connectivity index (χ2n) is 2.50. The van der Waals surface area contributed by atoms with Gasteiger partial charge in [0, 0.05) is 10.5 Å². The van der Waals surface area contributed by atoms with Crippen molar-refractivity contribution in [3.63, 3.8) is 0 Å². The van der Waals surface area contributed by atoms with Gasteiger partial charge in [0.15, 0.2) is 0 Å². The normalized spacial score (nSPS) is 8.29. The number of benzene rings is 1. The van der Waals surface area contributed by atoms with Crippen molar-refractivity contribution >= 4 is 11.4 Å². The summed E-state index contributed by atoms with van der Waals surface area (Å²) in [4.78, 5) is 2.57. The Kier molecular flexibility index (Phi) is 3.25. The van der Waals surface area contributed by atoms with Crippen LogP contribution in [0.5, 0.6) is 0 Å². The van der Waals surface area contributed by atoms with E-state index in [1.165, 1.54) is 0 Å². The lowest BCUT2D eigenvalue weighted by atomic mass is 10.1. The van der Waals surface area contributed by atoms with Crippen molar-refractivity contribution in [1.29, 1.82) is 0 Å². The van der Waals surface area contributed by atoms with Gasteiger partial charge in [-0.1, -0.05) is 23.0 Å². The molecule has 0 radical (unpaired) electrons. The number of azide groups is 1. The Hall–Kier alpha value is -2.31. The maximum Gasteiger partial charge on any atom is 0.0880 e. The van der Waals surface area contributed by atoms with E-state index < -0.39 is 0 Å². The highest BCUT2D eigenvalue weighted by Gasteiger charge is 1.97. The molecular weight excluding hydrogens is 178 g/mol. The zero-order chi connectivity index (χ0) is 10.4. The molecule has 5 nitrogen and oxygen atoms in total. The fourth-order valence-electron chi connectivity index (χ4n) is 0.894. The van der Waals surface area contributed by atoms with Crippen molar-refractivity contribution in [1.82, 2.24) is 0 Å². The second kappa shape index (κ2) is 4.65. The molecule has 0 aliphatic heterocycles. The number of hydrogen-bond acceptors (Lipinski definition) is 3. The van der Waals surface area contributed by atoms with E-state index >= 15 is 0 Å². The first-order chi connectivity index (χ1) is 6.75. The van der Waals surface area contributed by atoms with Gasteiger partial charge in [-0.2, -0.15) is 0 Å². The Balaban J connectivity index is 2.89. The van der Waals surface area contributed by atoms with Gasteiger partial charge in [-0.15, -0.1) is 0 Å². The minimum atomic E-state index is 0.130. The Morgan fingerprint density at radius 2 is 2.21 bits per heavy atom. The fraction of sp³-hybridized carbons (Fsp3) is 0.111. The lowest BCUT2D eigenvalue weighted by Gasteiger charge is -2.00. The third-order valence-corrected chi connectivity index (χ3v) is 1.58. The molecule has 1 aromatic carbocycles. The number of nitrogens with two attached hydrogens (primary N) is 2. The second-order valence-corrected chi connectivity index (χ2v) is 2.50. The van der Waals surface area contributed by atoms with Crippen LogP contribution in [-0.4, -0.2) is 6.54 Å². The summed E-state index contributed by atoms with van der Waals surface area (Å²) in [6.45, 7) is 0.130. The van der Waals surface area contributed by atoms with Crippen LogP contribution in [0.15, 0.2) is 23.3 Å². The molecule has 0 aliphatic rings. The average Bonchev–Trinajstić information content (AvgIpc) is 2.19. The van der Waals surface area contributed by atoms with Gasteiger partial charge in [0.05, 0.1) is 17.9 Å². The molecule has 1 aromatic rings. The highest BCUT2D eigenvalue weighted by molar-refractivity contribution is 5.71. The first-order valence-electron chi connectivity index (χ1n) is 3.89. The molecule has 0 heterocycles. The zero-order valence-electron chi connectivity index (χ0n) is 7.44. The third kappa shape index (κ3) is 2.34. The summed E-state index contributed by atoms with van der Waals surface area (Å²) in [5.41, 5.74) is 20.9. The Morgan fingerprint density at radius 3 is 2.93 bits per heavy atom. The van der Waals surface area contributed by atoms with Crippen molar-refractivity contribution in [2.75, 3.05) is 18.0 Å². The minimum absolute atomic E-state index is 0.130. The van der Waals surface area contributed by atoms with E-state index in [0.29, 0.717) is 16.9 Å². The summed E-state index contributed by atoms with van der Waals surface area (Å²) in [6, 6.07) is 5.23. The molecule has 0 aromatic heterocycles. The Bertz CT molecular complexity index is 434. The van der Waals surface area contributed by atoms with E-state index in [1.54, 1.807) is 18.2 Å². The van der Waals surface area contributed by atoms with Crippen molar-refractivity contribution in [3.8, 4) is 11.8 Å². The predicted molar refractivity (Wildman–Crippen MR) is 56.2 cm³/mol. The molecule has 5 heteroatoms. The molecule has 70 valence electrons. The van der Waals surface area contributed by atoms with Gasteiger partial charge in [-0.05, 0) is 17.7 Å². The minimum Gasteiger partial charge on any atom is -0.397 e. The molecule has 0 saturated heterocycles. The molecule has 0 spiro atoms. The number of anilines is 2. The maximum atomic E-state index is 8.01. The first kappa shape index (κ1) is 9.78. The molecule has 0 unspecified atom stereocenters. The van der Waals surface area contributed by atoms with Crippen LogP contribution in [-0.2, 0) is 0 Å². The largest absolute Gasteiger partial charge is 0.397 e. The van der Waals surface area contributed by atoms with Crippen LogP contribution in [0.4, 0.5) is 11.4 Å². The summed E-state index contributed by atoms with van der Waals surface area (Å²) in [7, 11) is 0. The van der Waals surface area contributed by atoms with E-state index in [9.17, 15) is 0 Å². The van der Waals surface area contributed by atoms with Gasteiger partial charge >= 0.3 is 0 Å². The first-order valence-corrected chi connectivity index (χ1v) is 3.89. The lowest BCUT2D eigenvalue weighted by Crippen LogP contribution is -1.96. The predicted octanol–water partition coefficient (Wildman–Crippen LogP) is 1.51. The summed E-state index contributed by atoms with van der Waals surface area (Å²) in [5.74, 6) is 5.43. The highest BCUT2D eigenvalue weighted by atomic mass is 15.1. The molecule has 0 saturated carbocycles. The zero-order valence-corrected chi connectivity index (χ0v) is 7.44. The van der Waals surface area contributed by atoms with Crippen LogP contribution in [0.2, 0.25) is 0 Å². The van der Waals surface area contributed by atoms with Crippen molar-refractivity contribution in [3.05, 3.63) is 34.2 Å². The summed E-state index contributed by atoms with van der Waals surface area (Å²) in [6.07, 6.45) is 0. The highest BCUT2D eigenvalue weighted by Crippen LogP contribution is 2.17. The quantitative estimate of drug-likeness (QED) is 0.229. The number of hydrogen-bond donors (Lipinski definition) is 2. The van der Waals surface area contributed by atoms with E-state index in [0.717, 1.165) is 0 Å². The SMILES string of the molecule is [N-]=[N+]=NCC#Cc1cccc(N)c1N. The van der Waals surface area contributed by atoms with E-state index in [-0.39, 0.29) is 6.54 Å². The van der Waals surface area contributed by atoms with Crippen LogP contribution < -0.4 is 11.5 Å². The fourth-order valence-corrected chi connectivity index (χ4v) is 0.894. The Morgan fingerprint density at radius 1 is 1.43 bits per heavy atom. The Labute approximate surface area is 81.3 Å². The molecule has 4 N–H and O–H groups in total. The van der Waals surface area contributed by atoms with Gasteiger partial charge in [0.1, 0.15) is 0 Å². The number of rotatable bonds is 1. The topological polar surface area (TPSA) is 101 Å². The van der Waals surface area contributed by atoms with Crippen LogP contribution in [0.1, 0.15) is 5.56 Å². The van der Waals surface area contributed by atoms with E-state index in [1.807, 2.05) is 0 Å². The van der Waals surface area contributed by atoms with Crippen molar-refractivity contribution in [2.24, 2.45) is 5.11 Å². The molecule has 0 atom stereocenters. The van der Waals surface area contributed by atoms with Crippen molar-refractivity contribution in [2.45, 2.75) is 0 Å². The lowest BCUT2D eigenvalue weighted by molar-refractivity contribution is 1.25. The number of nitrogen functional groups attached to an aromatic ring is 2. The number of para-hydroxylation sites is 1. The summed E-state index contributed by atoms with van der Waals surface area (Å²) < 4.78 is 0. The van der Waals surface area contributed by atoms with Gasteiger partial charge < -0.3 is 11.5 Å². The van der Waals surface area contributed by atoms with Crippen molar-refractivity contribution < 1.29 is 0 Å². The molecule has 0 aliphatic carbocycles. The third-order valence-electron chi connectivity index (χ3n) is 1.58.